The highest BCUT2D eigenvalue weighted by Gasteiger charge is 2.30. The summed E-state index contributed by atoms with van der Waals surface area (Å²) in [5, 5.41) is 7.06. The van der Waals surface area contributed by atoms with Crippen LogP contribution in [-0.4, -0.2) is 53.6 Å². The van der Waals surface area contributed by atoms with Gasteiger partial charge in [0.2, 0.25) is 5.95 Å². The summed E-state index contributed by atoms with van der Waals surface area (Å²) in [4.78, 5) is 13.7. The lowest BCUT2D eigenvalue weighted by Gasteiger charge is -2.39. The van der Waals surface area contributed by atoms with Gasteiger partial charge in [0, 0.05) is 60.4 Å². The van der Waals surface area contributed by atoms with E-state index in [0.717, 1.165) is 25.0 Å². The second-order valence-corrected chi connectivity index (χ2v) is 8.93. The van der Waals surface area contributed by atoms with Crippen molar-refractivity contribution in [3.63, 3.8) is 0 Å². The molecule has 2 aromatic heterocycles. The zero-order valence-electron chi connectivity index (χ0n) is 16.1. The van der Waals surface area contributed by atoms with E-state index in [1.54, 1.807) is 12.4 Å². The van der Waals surface area contributed by atoms with Crippen molar-refractivity contribution >= 4 is 33.1 Å². The number of hydrogen-bond acceptors (Lipinski definition) is 6. The van der Waals surface area contributed by atoms with E-state index in [9.17, 15) is 0 Å². The van der Waals surface area contributed by atoms with Crippen molar-refractivity contribution in [3.05, 3.63) is 48.1 Å². The number of benzene rings is 1. The van der Waals surface area contributed by atoms with Gasteiger partial charge in [0.05, 0.1) is 0 Å². The Kier molecular flexibility index (Phi) is 5.14. The molecule has 28 heavy (non-hydrogen) atoms. The van der Waals surface area contributed by atoms with Crippen LogP contribution in [0.5, 0.6) is 0 Å². The molecule has 5 nitrogen and oxygen atoms in total. The molecule has 1 saturated carbocycles. The molecule has 0 atom stereocenters. The van der Waals surface area contributed by atoms with E-state index < -0.39 is 0 Å². The van der Waals surface area contributed by atoms with Crippen LogP contribution in [0.4, 0.5) is 11.6 Å². The monoisotopic (exact) mass is 393 g/mol. The summed E-state index contributed by atoms with van der Waals surface area (Å²) in [5.41, 5.74) is 1.41. The van der Waals surface area contributed by atoms with Crippen LogP contribution in [0.2, 0.25) is 0 Å². The minimum absolute atomic E-state index is 0.551. The number of piperazine rings is 1. The van der Waals surface area contributed by atoms with E-state index in [-0.39, 0.29) is 0 Å². The quantitative estimate of drug-likeness (QED) is 0.683. The molecular formula is C22H27N5S. The van der Waals surface area contributed by atoms with E-state index in [0.29, 0.717) is 6.04 Å². The maximum absolute atomic E-state index is 4.26. The Hall–Kier alpha value is -2.18. The highest BCUT2D eigenvalue weighted by Crippen LogP contribution is 2.33. The standard InChI is InChI=1S/C22H27N5S/c1-3-20(19-6-14-28-21(19)4-1)27-12-10-26(11-13-27)9-5-17-15-18(16-17)25-22-23-7-2-8-24-22/h1-4,6-8,14,17-18H,5,9-13,15-16H2,(H,23,24,25). The Labute approximate surface area is 170 Å². The summed E-state index contributed by atoms with van der Waals surface area (Å²) < 4.78 is 1.40. The fraction of sp³-hybridized carbons (Fsp3) is 0.455. The van der Waals surface area contributed by atoms with E-state index in [4.69, 9.17) is 0 Å². The molecule has 1 saturated heterocycles. The van der Waals surface area contributed by atoms with Crippen LogP contribution in [0, 0.1) is 5.92 Å². The molecular weight excluding hydrogens is 366 g/mol. The Bertz CT molecular complexity index is 897. The number of rotatable bonds is 6. The van der Waals surface area contributed by atoms with Gasteiger partial charge < -0.3 is 10.2 Å². The number of anilines is 2. The zero-order valence-corrected chi connectivity index (χ0v) is 16.9. The van der Waals surface area contributed by atoms with Gasteiger partial charge in [-0.2, -0.15) is 0 Å². The van der Waals surface area contributed by atoms with E-state index in [2.05, 4.69) is 54.7 Å². The first-order valence-corrected chi connectivity index (χ1v) is 11.2. The van der Waals surface area contributed by atoms with Gasteiger partial charge in [-0.25, -0.2) is 9.97 Å². The van der Waals surface area contributed by atoms with Crippen LogP contribution < -0.4 is 10.2 Å². The van der Waals surface area contributed by atoms with E-state index in [1.807, 2.05) is 17.4 Å². The topological polar surface area (TPSA) is 44.3 Å². The normalized spacial score (nSPS) is 22.9. The van der Waals surface area contributed by atoms with Crippen molar-refractivity contribution in [1.29, 1.82) is 0 Å². The number of fused-ring (bicyclic) bond motifs is 1. The summed E-state index contributed by atoms with van der Waals surface area (Å²) >= 11 is 1.84. The molecule has 3 aromatic rings. The number of hydrogen-bond donors (Lipinski definition) is 1. The average molecular weight is 394 g/mol. The van der Waals surface area contributed by atoms with Gasteiger partial charge in [0.15, 0.2) is 0 Å². The first-order chi connectivity index (χ1) is 13.8. The minimum Gasteiger partial charge on any atom is -0.368 e. The third-order valence-electron chi connectivity index (χ3n) is 6.17. The average Bonchev–Trinajstić information content (AvgIpc) is 3.20. The van der Waals surface area contributed by atoms with Crippen LogP contribution in [0.1, 0.15) is 19.3 Å². The first-order valence-electron chi connectivity index (χ1n) is 10.3. The Morgan fingerprint density at radius 1 is 1.00 bits per heavy atom. The smallest absolute Gasteiger partial charge is 0.222 e. The van der Waals surface area contributed by atoms with Crippen LogP contribution >= 0.6 is 11.3 Å². The molecule has 146 valence electrons. The Morgan fingerprint density at radius 3 is 2.64 bits per heavy atom. The van der Waals surface area contributed by atoms with Crippen molar-refractivity contribution in [3.8, 4) is 0 Å². The number of nitrogens with zero attached hydrogens (tertiary/aromatic N) is 4. The number of nitrogens with one attached hydrogen (secondary N) is 1. The van der Waals surface area contributed by atoms with Gasteiger partial charge >= 0.3 is 0 Å². The molecule has 0 amide bonds. The van der Waals surface area contributed by atoms with Crippen LogP contribution in [0.25, 0.3) is 10.1 Å². The molecule has 6 heteroatoms. The van der Waals surface area contributed by atoms with Gasteiger partial charge in [0.25, 0.3) is 0 Å². The van der Waals surface area contributed by atoms with Gasteiger partial charge in [-0.3, -0.25) is 4.90 Å². The lowest BCUT2D eigenvalue weighted by molar-refractivity contribution is 0.195. The maximum Gasteiger partial charge on any atom is 0.222 e. The maximum atomic E-state index is 4.26. The van der Waals surface area contributed by atoms with Gasteiger partial charge in [0.1, 0.15) is 0 Å². The summed E-state index contributed by atoms with van der Waals surface area (Å²) in [6.45, 7) is 5.85. The molecule has 2 aliphatic rings. The SMILES string of the molecule is c1cnc(NC2CC(CCN3CCN(c4cccc5sccc45)CC3)C2)nc1. The Balaban J connectivity index is 1.05. The predicted molar refractivity (Wildman–Crippen MR) is 117 cm³/mol. The molecule has 2 fully saturated rings. The first kappa shape index (κ1) is 17.9. The predicted octanol–water partition coefficient (Wildman–Crippen LogP) is 4.09. The fourth-order valence-electron chi connectivity index (χ4n) is 4.48. The highest BCUT2D eigenvalue weighted by molar-refractivity contribution is 7.17. The van der Waals surface area contributed by atoms with Crippen molar-refractivity contribution in [2.75, 3.05) is 42.9 Å². The summed E-state index contributed by atoms with van der Waals surface area (Å²) in [7, 11) is 0. The van der Waals surface area contributed by atoms with Gasteiger partial charge in [-0.05, 0) is 61.4 Å². The van der Waals surface area contributed by atoms with Crippen LogP contribution in [0.3, 0.4) is 0 Å². The van der Waals surface area contributed by atoms with Gasteiger partial charge in [-0.15, -0.1) is 11.3 Å². The highest BCUT2D eigenvalue weighted by atomic mass is 32.1. The summed E-state index contributed by atoms with van der Waals surface area (Å²) in [5.74, 6) is 1.61. The van der Waals surface area contributed by atoms with Crippen molar-refractivity contribution < 1.29 is 0 Å². The van der Waals surface area contributed by atoms with Crippen LogP contribution in [0.15, 0.2) is 48.1 Å². The van der Waals surface area contributed by atoms with Crippen molar-refractivity contribution in [2.45, 2.75) is 25.3 Å². The number of thiophene rings is 1. The van der Waals surface area contributed by atoms with Gasteiger partial charge in [-0.1, -0.05) is 6.07 Å². The molecule has 1 N–H and O–H groups in total. The summed E-state index contributed by atoms with van der Waals surface area (Å²) in [6.07, 6.45) is 7.40. The van der Waals surface area contributed by atoms with Crippen LogP contribution in [-0.2, 0) is 0 Å². The molecule has 1 aromatic carbocycles. The third-order valence-corrected chi connectivity index (χ3v) is 7.06. The zero-order chi connectivity index (χ0) is 18.8. The second kappa shape index (κ2) is 8.05. The molecule has 0 bridgehead atoms. The molecule has 3 heterocycles. The van der Waals surface area contributed by atoms with Crippen molar-refractivity contribution in [2.24, 2.45) is 5.92 Å². The molecule has 0 spiro atoms. The second-order valence-electron chi connectivity index (χ2n) is 7.98. The molecule has 5 rings (SSSR count). The lowest BCUT2D eigenvalue weighted by atomic mass is 9.78. The number of aromatic nitrogens is 2. The molecule has 1 aliphatic carbocycles. The van der Waals surface area contributed by atoms with Crippen molar-refractivity contribution in [1.82, 2.24) is 14.9 Å². The molecule has 0 unspecified atom stereocenters. The molecule has 1 aliphatic heterocycles. The lowest BCUT2D eigenvalue weighted by Crippen LogP contribution is -2.47. The van der Waals surface area contributed by atoms with E-state index in [1.165, 1.54) is 54.7 Å². The third kappa shape index (κ3) is 3.84. The fourth-order valence-corrected chi connectivity index (χ4v) is 5.28. The van der Waals surface area contributed by atoms with E-state index >= 15 is 0 Å². The summed E-state index contributed by atoms with van der Waals surface area (Å²) in [6, 6.07) is 11.4. The Morgan fingerprint density at radius 2 is 1.82 bits per heavy atom. The minimum atomic E-state index is 0.551. The molecule has 0 radical (unpaired) electrons. The largest absolute Gasteiger partial charge is 0.368 e.